The zero-order valence-corrected chi connectivity index (χ0v) is 25.8. The van der Waals surface area contributed by atoms with Crippen molar-refractivity contribution >= 4 is 17.6 Å². The number of rotatable bonds is 12. The van der Waals surface area contributed by atoms with Crippen LogP contribution in [0.15, 0.2) is 72.2 Å². The van der Waals surface area contributed by atoms with Gasteiger partial charge in [0.1, 0.15) is 0 Å². The number of allylic oxidation sites excluding steroid dienone is 2. The summed E-state index contributed by atoms with van der Waals surface area (Å²) in [5.74, 6) is -1.23. The third kappa shape index (κ3) is 16.3. The smallest absolute Gasteiger partial charge is 0.335 e. The molecule has 41 heavy (non-hydrogen) atoms. The molecule has 0 saturated heterocycles. The predicted octanol–water partition coefficient (Wildman–Crippen LogP) is 10.3. The molecule has 0 heterocycles. The predicted molar refractivity (Wildman–Crippen MR) is 164 cm³/mol. The van der Waals surface area contributed by atoms with E-state index in [1.165, 1.54) is 51.2 Å². The first-order chi connectivity index (χ1) is 19.5. The Hall–Kier alpha value is -3.55. The number of benzene rings is 2. The van der Waals surface area contributed by atoms with Crippen LogP contribution in [0, 0.1) is 5.92 Å². The van der Waals surface area contributed by atoms with Crippen molar-refractivity contribution < 1.29 is 32.6 Å². The Kier molecular flexibility index (Phi) is 22.4. The Morgan fingerprint density at radius 1 is 0.927 bits per heavy atom. The molecule has 0 spiro atoms. The van der Waals surface area contributed by atoms with Crippen molar-refractivity contribution in [2.24, 2.45) is 5.92 Å². The third-order valence-corrected chi connectivity index (χ3v) is 5.77. The van der Waals surface area contributed by atoms with Crippen LogP contribution in [0.3, 0.4) is 0 Å². The number of carbonyl (C=O) groups is 2. The topological polar surface area (TPSA) is 75.6 Å². The number of alkyl halides is 3. The van der Waals surface area contributed by atoms with Crippen LogP contribution >= 0.6 is 0 Å². The second-order valence-corrected chi connectivity index (χ2v) is 9.04. The zero-order valence-electron chi connectivity index (χ0n) is 25.8. The number of halogens is 3. The number of hydrogen-bond donors (Lipinski definition) is 2. The molecule has 0 aliphatic rings. The standard InChI is InChI=1S/C21H19F2NO4.C9H20.C2H6.CH3F/c1-12(2)28-18(13(3)19(22)23)20(25)24-17-10-8-15(9-11-17)14-4-6-16(7-5-14)21(26)27;1-4-6-7-8-9(3)5-2;2*1-2/h4-11,19H,1H2,2-3H3,(H,24,25)(H,26,27);9H,4-8H2,1-3H3;1-2H3;1H3/b18-13+;;;. The van der Waals surface area contributed by atoms with Gasteiger partial charge in [-0.2, -0.15) is 0 Å². The SMILES string of the molecule is C=C(C)O/C(C(=O)Nc1ccc(-c2ccc(C(=O)O)cc2)cc1)=C(\C)C(F)F.CC.CCCCCC(C)CC.CF. The largest absolute Gasteiger partial charge is 0.478 e. The minimum absolute atomic E-state index is 0.116. The van der Waals surface area contributed by atoms with Crippen molar-refractivity contribution in [2.45, 2.75) is 87.0 Å². The van der Waals surface area contributed by atoms with Crippen LogP contribution in [0.4, 0.5) is 18.9 Å². The average molecular weight is 580 g/mol. The van der Waals surface area contributed by atoms with Crippen LogP contribution in [0.1, 0.15) is 90.9 Å². The fourth-order valence-electron chi connectivity index (χ4n) is 3.27. The molecule has 2 aromatic rings. The minimum atomic E-state index is -2.84. The quantitative estimate of drug-likeness (QED) is 0.149. The summed E-state index contributed by atoms with van der Waals surface area (Å²) in [6, 6.07) is 13.0. The van der Waals surface area contributed by atoms with E-state index in [0.29, 0.717) is 12.9 Å². The first-order valence-electron chi connectivity index (χ1n) is 13.9. The lowest BCUT2D eigenvalue weighted by Crippen LogP contribution is -2.19. The van der Waals surface area contributed by atoms with E-state index in [-0.39, 0.29) is 11.3 Å². The van der Waals surface area contributed by atoms with Crippen molar-refractivity contribution in [2.75, 3.05) is 12.5 Å². The summed E-state index contributed by atoms with van der Waals surface area (Å²) in [6.07, 6.45) is 4.16. The van der Waals surface area contributed by atoms with Gasteiger partial charge in [0, 0.05) is 11.3 Å². The first-order valence-corrected chi connectivity index (χ1v) is 13.9. The van der Waals surface area contributed by atoms with Gasteiger partial charge >= 0.3 is 5.97 Å². The number of carboxylic acid groups (broad SMARTS) is 1. The van der Waals surface area contributed by atoms with Crippen LogP contribution < -0.4 is 5.32 Å². The molecule has 5 nitrogen and oxygen atoms in total. The van der Waals surface area contributed by atoms with E-state index >= 15 is 0 Å². The van der Waals surface area contributed by atoms with Crippen LogP contribution in [0.2, 0.25) is 0 Å². The lowest BCUT2D eigenvalue weighted by Gasteiger charge is -2.14. The number of nitrogens with one attached hydrogen (secondary N) is 1. The molecule has 0 aromatic heterocycles. The highest BCUT2D eigenvalue weighted by Crippen LogP contribution is 2.23. The molecule has 0 fully saturated rings. The maximum Gasteiger partial charge on any atom is 0.335 e. The molecule has 2 N–H and O–H groups in total. The lowest BCUT2D eigenvalue weighted by molar-refractivity contribution is -0.115. The van der Waals surface area contributed by atoms with E-state index in [1.807, 2.05) is 13.8 Å². The number of carbonyl (C=O) groups excluding carboxylic acids is 1. The number of amides is 1. The van der Waals surface area contributed by atoms with Crippen LogP contribution in [-0.4, -0.2) is 30.6 Å². The van der Waals surface area contributed by atoms with Crippen molar-refractivity contribution in [1.82, 2.24) is 0 Å². The summed E-state index contributed by atoms with van der Waals surface area (Å²) in [5, 5.41) is 11.4. The molecule has 0 bridgehead atoms. The third-order valence-electron chi connectivity index (χ3n) is 5.77. The molecule has 0 saturated carbocycles. The molecule has 230 valence electrons. The van der Waals surface area contributed by atoms with Gasteiger partial charge in [-0.25, -0.2) is 13.6 Å². The van der Waals surface area contributed by atoms with Gasteiger partial charge in [0.05, 0.1) is 18.5 Å². The monoisotopic (exact) mass is 579 g/mol. The van der Waals surface area contributed by atoms with Gasteiger partial charge < -0.3 is 15.2 Å². The lowest BCUT2D eigenvalue weighted by atomic mass is 10.0. The van der Waals surface area contributed by atoms with E-state index in [1.54, 1.807) is 36.4 Å². The van der Waals surface area contributed by atoms with Gasteiger partial charge in [-0.15, -0.1) is 0 Å². The van der Waals surface area contributed by atoms with Gasteiger partial charge in [-0.1, -0.05) is 97.6 Å². The normalized spacial score (nSPS) is 11.2. The highest BCUT2D eigenvalue weighted by atomic mass is 19.3. The molecule has 1 atom stereocenters. The highest BCUT2D eigenvalue weighted by molar-refractivity contribution is 6.03. The van der Waals surface area contributed by atoms with Crippen LogP contribution in [0.25, 0.3) is 11.1 Å². The fourth-order valence-corrected chi connectivity index (χ4v) is 3.27. The van der Waals surface area contributed by atoms with E-state index in [2.05, 4.69) is 32.7 Å². The molecule has 0 aliphatic heterocycles. The van der Waals surface area contributed by atoms with E-state index < -0.39 is 29.6 Å². The summed E-state index contributed by atoms with van der Waals surface area (Å²) in [4.78, 5) is 23.2. The van der Waals surface area contributed by atoms with E-state index in [0.717, 1.165) is 24.0 Å². The molecule has 2 aromatic carbocycles. The molecule has 0 aliphatic carbocycles. The molecule has 1 unspecified atom stereocenters. The van der Waals surface area contributed by atoms with Gasteiger partial charge in [-0.05, 0) is 55.2 Å². The zero-order chi connectivity index (χ0) is 32.0. The molecular formula is C33H48F3NO4. The van der Waals surface area contributed by atoms with Crippen LogP contribution in [-0.2, 0) is 9.53 Å². The number of ether oxygens (including phenoxy) is 1. The molecule has 2 rings (SSSR count). The average Bonchev–Trinajstić information content (AvgIpc) is 2.98. The summed E-state index contributed by atoms with van der Waals surface area (Å²) in [7, 11) is 0.500. The molecule has 1 amide bonds. The van der Waals surface area contributed by atoms with Gasteiger partial charge in [0.2, 0.25) is 0 Å². The Morgan fingerprint density at radius 3 is 1.80 bits per heavy atom. The number of unbranched alkanes of at least 4 members (excludes halogenated alkanes) is 2. The molecule has 0 radical (unpaired) electrons. The van der Waals surface area contributed by atoms with Gasteiger partial charge in [0.15, 0.2) is 5.76 Å². The van der Waals surface area contributed by atoms with Gasteiger partial charge in [0.25, 0.3) is 12.3 Å². The summed E-state index contributed by atoms with van der Waals surface area (Å²) >= 11 is 0. The summed E-state index contributed by atoms with van der Waals surface area (Å²) in [6.45, 7) is 16.9. The summed E-state index contributed by atoms with van der Waals surface area (Å²) in [5.41, 5.74) is 1.67. The summed E-state index contributed by atoms with van der Waals surface area (Å²) < 4.78 is 40.5. The van der Waals surface area contributed by atoms with Crippen molar-refractivity contribution in [3.8, 4) is 11.1 Å². The van der Waals surface area contributed by atoms with Gasteiger partial charge in [-0.3, -0.25) is 9.18 Å². The Labute approximate surface area is 244 Å². The Morgan fingerprint density at radius 2 is 1.41 bits per heavy atom. The Bertz CT molecular complexity index is 1050. The number of aromatic carboxylic acids is 1. The molecular weight excluding hydrogens is 531 g/mol. The maximum atomic E-state index is 13.0. The fraction of sp³-hybridized carbons (Fsp3) is 0.455. The highest BCUT2D eigenvalue weighted by Gasteiger charge is 2.21. The minimum Gasteiger partial charge on any atom is -0.478 e. The van der Waals surface area contributed by atoms with E-state index in [9.17, 15) is 22.8 Å². The Balaban J connectivity index is 0. The second-order valence-electron chi connectivity index (χ2n) is 9.04. The molecule has 8 heteroatoms. The number of carboxylic acids is 1. The van der Waals surface area contributed by atoms with Crippen molar-refractivity contribution in [3.05, 3.63) is 77.8 Å². The van der Waals surface area contributed by atoms with E-state index in [4.69, 9.17) is 9.84 Å². The van der Waals surface area contributed by atoms with Crippen molar-refractivity contribution in [3.63, 3.8) is 0 Å². The number of anilines is 1. The number of hydrogen-bond acceptors (Lipinski definition) is 3. The second kappa shape index (κ2) is 23.2. The van der Waals surface area contributed by atoms with Crippen molar-refractivity contribution in [1.29, 1.82) is 0 Å². The maximum absolute atomic E-state index is 13.0. The first kappa shape index (κ1) is 39.6. The van der Waals surface area contributed by atoms with Crippen LogP contribution in [0.5, 0.6) is 0 Å².